The second kappa shape index (κ2) is 4.55. The Hall–Kier alpha value is -1.65. The van der Waals surface area contributed by atoms with Gasteiger partial charge in [-0.05, 0) is 20.8 Å². The van der Waals surface area contributed by atoms with Gasteiger partial charge in [0.2, 0.25) is 0 Å². The van der Waals surface area contributed by atoms with Crippen molar-refractivity contribution < 1.29 is 0 Å². The topological polar surface area (TPSA) is 76.2 Å². The van der Waals surface area contributed by atoms with Gasteiger partial charge in [-0.25, -0.2) is 9.97 Å². The van der Waals surface area contributed by atoms with Crippen molar-refractivity contribution in [3.8, 4) is 0 Å². The summed E-state index contributed by atoms with van der Waals surface area (Å²) in [5.74, 6) is 1.26. The van der Waals surface area contributed by atoms with Crippen LogP contribution in [0.25, 0.3) is 0 Å². The summed E-state index contributed by atoms with van der Waals surface area (Å²) in [6.07, 6.45) is 1.45. The zero-order chi connectivity index (χ0) is 10.6. The van der Waals surface area contributed by atoms with Gasteiger partial charge in [0, 0.05) is 6.54 Å². The number of rotatable bonds is 2. The highest BCUT2D eigenvalue weighted by molar-refractivity contribution is 5.96. The smallest absolute Gasteiger partial charge is 0.150 e. The van der Waals surface area contributed by atoms with E-state index in [-0.39, 0.29) is 0 Å². The molecule has 1 aromatic rings. The van der Waals surface area contributed by atoms with Crippen LogP contribution in [0.15, 0.2) is 11.3 Å². The van der Waals surface area contributed by atoms with E-state index >= 15 is 0 Å². The lowest BCUT2D eigenvalue weighted by Gasteiger charge is -2.09. The standard InChI is InChI=1S/C9H15N5/c1-4-11-7(3)14-8-6(2)12-5-13-9(8)10/h5H,4H2,1-3H3,(H,11,14)(H2,10,12,13). The summed E-state index contributed by atoms with van der Waals surface area (Å²) in [7, 11) is 0. The maximum absolute atomic E-state index is 5.70. The predicted octanol–water partition coefficient (Wildman–Crippen LogP) is 1.22. The Labute approximate surface area is 83.5 Å². The molecule has 1 aromatic heterocycles. The number of hydrogen-bond acceptors (Lipinski definition) is 4. The van der Waals surface area contributed by atoms with E-state index in [1.807, 2.05) is 20.8 Å². The van der Waals surface area contributed by atoms with Gasteiger partial charge in [0.15, 0.2) is 5.82 Å². The van der Waals surface area contributed by atoms with Crippen molar-refractivity contribution in [1.29, 1.82) is 0 Å². The minimum Gasteiger partial charge on any atom is -0.382 e. The van der Waals surface area contributed by atoms with E-state index < -0.39 is 0 Å². The average molecular weight is 193 g/mol. The lowest BCUT2D eigenvalue weighted by atomic mass is 10.3. The molecule has 0 aliphatic heterocycles. The van der Waals surface area contributed by atoms with E-state index in [2.05, 4.69) is 20.3 Å². The third-order valence-corrected chi connectivity index (χ3v) is 1.77. The molecule has 0 aliphatic rings. The van der Waals surface area contributed by atoms with Crippen LogP contribution in [0.5, 0.6) is 0 Å². The molecule has 0 fully saturated rings. The zero-order valence-corrected chi connectivity index (χ0v) is 8.70. The van der Waals surface area contributed by atoms with E-state index in [0.717, 1.165) is 23.8 Å². The monoisotopic (exact) mass is 193 g/mol. The summed E-state index contributed by atoms with van der Waals surface area (Å²) < 4.78 is 0. The van der Waals surface area contributed by atoms with E-state index in [1.165, 1.54) is 6.33 Å². The summed E-state index contributed by atoms with van der Waals surface area (Å²) in [4.78, 5) is 12.1. The molecule has 14 heavy (non-hydrogen) atoms. The van der Waals surface area contributed by atoms with Gasteiger partial charge in [-0.2, -0.15) is 0 Å². The van der Waals surface area contributed by atoms with Gasteiger partial charge in [0.1, 0.15) is 12.0 Å². The number of aromatic nitrogens is 2. The molecule has 0 unspecified atom stereocenters. The maximum Gasteiger partial charge on any atom is 0.150 e. The first-order chi connectivity index (χ1) is 6.65. The Morgan fingerprint density at radius 2 is 2.29 bits per heavy atom. The molecule has 5 heteroatoms. The number of nitrogens with zero attached hydrogens (tertiary/aromatic N) is 3. The summed E-state index contributed by atoms with van der Waals surface area (Å²) in [5.41, 5.74) is 7.26. The highest BCUT2D eigenvalue weighted by Crippen LogP contribution is 2.17. The number of aliphatic imine (C=N–C) groups is 1. The van der Waals surface area contributed by atoms with Gasteiger partial charge in [0.05, 0.1) is 11.5 Å². The number of nitrogens with two attached hydrogens (primary N) is 1. The second-order valence-corrected chi connectivity index (χ2v) is 2.90. The summed E-state index contributed by atoms with van der Waals surface area (Å²) in [6.45, 7) is 6.48. The summed E-state index contributed by atoms with van der Waals surface area (Å²) in [5, 5.41) is 3.08. The lowest BCUT2D eigenvalue weighted by Crippen LogP contribution is -2.12. The molecule has 3 N–H and O–H groups in total. The molecule has 1 heterocycles. The Balaban J connectivity index is 2.91. The van der Waals surface area contributed by atoms with Crippen LogP contribution < -0.4 is 11.1 Å². The molecule has 0 saturated heterocycles. The third-order valence-electron chi connectivity index (χ3n) is 1.77. The fourth-order valence-electron chi connectivity index (χ4n) is 1.10. The van der Waals surface area contributed by atoms with Crippen molar-refractivity contribution >= 4 is 17.3 Å². The van der Waals surface area contributed by atoms with Crippen LogP contribution in [0, 0.1) is 6.92 Å². The number of nitrogen functional groups attached to an aromatic ring is 1. The number of nitrogens with one attached hydrogen (secondary N) is 1. The van der Waals surface area contributed by atoms with Crippen LogP contribution in [0.2, 0.25) is 0 Å². The molecule has 0 saturated carbocycles. The van der Waals surface area contributed by atoms with Crippen molar-refractivity contribution in [2.45, 2.75) is 20.8 Å². The van der Waals surface area contributed by atoms with Crippen LogP contribution in [0.1, 0.15) is 19.5 Å². The van der Waals surface area contributed by atoms with Gasteiger partial charge >= 0.3 is 0 Å². The van der Waals surface area contributed by atoms with E-state index in [9.17, 15) is 0 Å². The van der Waals surface area contributed by atoms with E-state index in [0.29, 0.717) is 5.82 Å². The summed E-state index contributed by atoms with van der Waals surface area (Å²) >= 11 is 0. The van der Waals surface area contributed by atoms with Crippen molar-refractivity contribution in [2.75, 3.05) is 17.6 Å². The van der Waals surface area contributed by atoms with Crippen LogP contribution in [0.3, 0.4) is 0 Å². The highest BCUT2D eigenvalue weighted by atomic mass is 15.0. The average Bonchev–Trinajstić information content (AvgIpc) is 2.12. The van der Waals surface area contributed by atoms with Gasteiger partial charge in [0.25, 0.3) is 0 Å². The minimum atomic E-state index is 0.447. The molecule has 0 spiro atoms. The first-order valence-corrected chi connectivity index (χ1v) is 4.50. The Kier molecular flexibility index (Phi) is 3.39. The van der Waals surface area contributed by atoms with Crippen molar-refractivity contribution in [2.24, 2.45) is 4.99 Å². The summed E-state index contributed by atoms with van der Waals surface area (Å²) in [6, 6.07) is 0. The van der Waals surface area contributed by atoms with Crippen LogP contribution >= 0.6 is 0 Å². The fourth-order valence-corrected chi connectivity index (χ4v) is 1.10. The van der Waals surface area contributed by atoms with Crippen molar-refractivity contribution in [3.05, 3.63) is 12.0 Å². The number of aryl methyl sites for hydroxylation is 1. The fraction of sp³-hybridized carbons (Fsp3) is 0.444. The third kappa shape index (κ3) is 2.42. The first kappa shape index (κ1) is 10.4. The van der Waals surface area contributed by atoms with Crippen molar-refractivity contribution in [3.63, 3.8) is 0 Å². The van der Waals surface area contributed by atoms with Gasteiger partial charge < -0.3 is 11.1 Å². The normalized spacial score (nSPS) is 11.5. The molecule has 0 aliphatic carbocycles. The molecule has 1 rings (SSSR count). The highest BCUT2D eigenvalue weighted by Gasteiger charge is 2.04. The van der Waals surface area contributed by atoms with Crippen LogP contribution in [-0.4, -0.2) is 22.3 Å². The number of anilines is 2. The molecule has 5 nitrogen and oxygen atoms in total. The Bertz CT molecular complexity index is 325. The lowest BCUT2D eigenvalue weighted by molar-refractivity contribution is 1.10. The SMILES string of the molecule is CCN=C(C)Nc1c(C)ncnc1N. The molecule has 76 valence electrons. The molecule has 0 aromatic carbocycles. The van der Waals surface area contributed by atoms with E-state index in [4.69, 9.17) is 5.73 Å². The van der Waals surface area contributed by atoms with E-state index in [1.54, 1.807) is 0 Å². The molecular weight excluding hydrogens is 178 g/mol. The number of hydrogen-bond donors (Lipinski definition) is 2. The van der Waals surface area contributed by atoms with Crippen molar-refractivity contribution in [1.82, 2.24) is 9.97 Å². The molecule has 0 radical (unpaired) electrons. The Morgan fingerprint density at radius 3 is 2.86 bits per heavy atom. The van der Waals surface area contributed by atoms with Crippen LogP contribution in [-0.2, 0) is 0 Å². The quantitative estimate of drug-likeness (QED) is 0.547. The first-order valence-electron chi connectivity index (χ1n) is 4.50. The molecule has 0 atom stereocenters. The predicted molar refractivity (Wildman–Crippen MR) is 58.5 cm³/mol. The minimum absolute atomic E-state index is 0.447. The molecule has 0 amide bonds. The molecule has 0 bridgehead atoms. The van der Waals surface area contributed by atoms with Crippen LogP contribution in [0.4, 0.5) is 11.5 Å². The number of amidine groups is 1. The van der Waals surface area contributed by atoms with Gasteiger partial charge in [-0.15, -0.1) is 0 Å². The molecular formula is C9H15N5. The van der Waals surface area contributed by atoms with Gasteiger partial charge in [-0.1, -0.05) is 0 Å². The zero-order valence-electron chi connectivity index (χ0n) is 8.70. The maximum atomic E-state index is 5.70. The largest absolute Gasteiger partial charge is 0.382 e. The van der Waals surface area contributed by atoms with Gasteiger partial charge in [-0.3, -0.25) is 4.99 Å². The Morgan fingerprint density at radius 1 is 1.57 bits per heavy atom. The second-order valence-electron chi connectivity index (χ2n) is 2.90.